The molecule has 17 heavy (non-hydrogen) atoms. The maximum Gasteiger partial charge on any atom is 0.233 e. The molecule has 2 rings (SSSR count). The number of thioether (sulfide) groups is 1. The predicted octanol–water partition coefficient (Wildman–Crippen LogP) is 1.73. The van der Waals surface area contributed by atoms with E-state index in [-0.39, 0.29) is 11.2 Å². The van der Waals surface area contributed by atoms with Crippen molar-refractivity contribution in [1.29, 1.82) is 0 Å². The molecule has 1 fully saturated rings. The summed E-state index contributed by atoms with van der Waals surface area (Å²) in [5, 5.41) is 14.8. The molecule has 0 bridgehead atoms. The minimum Gasteiger partial charge on any atom is -0.360 e. The zero-order chi connectivity index (χ0) is 12.3. The van der Waals surface area contributed by atoms with Crippen LogP contribution in [0, 0.1) is 0 Å². The highest BCUT2D eigenvalue weighted by Gasteiger charge is 2.26. The fraction of sp³-hybridized carbons (Fsp3) is 0.700. The third kappa shape index (κ3) is 3.85. The van der Waals surface area contributed by atoms with Crippen molar-refractivity contribution < 1.29 is 4.79 Å². The van der Waals surface area contributed by atoms with Gasteiger partial charge in [-0.3, -0.25) is 4.79 Å². The Kier molecular flexibility index (Phi) is 4.22. The third-order valence-corrected chi connectivity index (χ3v) is 4.37. The van der Waals surface area contributed by atoms with Crippen LogP contribution in [0.25, 0.3) is 0 Å². The Morgan fingerprint density at radius 1 is 1.59 bits per heavy atom. The van der Waals surface area contributed by atoms with Gasteiger partial charge >= 0.3 is 0 Å². The number of carbonyl (C=O) groups is 1. The number of aromatic nitrogens is 2. The van der Waals surface area contributed by atoms with Gasteiger partial charge in [-0.2, -0.15) is 0 Å². The van der Waals surface area contributed by atoms with Crippen LogP contribution in [0.3, 0.4) is 0 Å². The molecule has 0 saturated heterocycles. The Balaban J connectivity index is 1.83. The van der Waals surface area contributed by atoms with Crippen LogP contribution in [0.5, 0.6) is 0 Å². The molecule has 0 aromatic carbocycles. The summed E-state index contributed by atoms with van der Waals surface area (Å²) in [7, 11) is 0. The second-order valence-electron chi connectivity index (χ2n) is 3.95. The van der Waals surface area contributed by atoms with Crippen molar-refractivity contribution in [1.82, 2.24) is 15.5 Å². The third-order valence-electron chi connectivity index (χ3n) is 2.31. The normalized spacial score (nSPS) is 16.6. The molecule has 1 saturated carbocycles. The molecule has 1 atom stereocenters. The average Bonchev–Trinajstić information content (AvgIpc) is 3.00. The summed E-state index contributed by atoms with van der Waals surface area (Å²) in [6, 6.07) is 0.414. The molecule has 1 aromatic rings. The monoisotopic (exact) mass is 272 g/mol. The highest BCUT2D eigenvalue weighted by Crippen LogP contribution is 2.29. The first-order valence-electron chi connectivity index (χ1n) is 5.73. The minimum atomic E-state index is -0.113. The number of anilines is 1. The van der Waals surface area contributed by atoms with Crippen molar-refractivity contribution in [3.8, 4) is 0 Å². The molecule has 1 heterocycles. The number of carbonyl (C=O) groups excluding carboxylic acids is 1. The maximum atomic E-state index is 11.7. The number of nitrogens with zero attached hydrogens (tertiary/aromatic N) is 2. The summed E-state index contributed by atoms with van der Waals surface area (Å²) in [6.45, 7) is 4.74. The van der Waals surface area contributed by atoms with Crippen LogP contribution in [-0.2, 0) is 4.79 Å². The summed E-state index contributed by atoms with van der Waals surface area (Å²) in [5.74, 6) is 0.0951. The van der Waals surface area contributed by atoms with Crippen LogP contribution < -0.4 is 10.6 Å². The fourth-order valence-electron chi connectivity index (χ4n) is 1.23. The number of hydrogen-bond acceptors (Lipinski definition) is 6. The molecule has 0 aliphatic heterocycles. The Morgan fingerprint density at radius 3 is 3.00 bits per heavy atom. The van der Waals surface area contributed by atoms with Crippen LogP contribution in [0.2, 0.25) is 0 Å². The molecule has 0 spiro atoms. The van der Waals surface area contributed by atoms with E-state index < -0.39 is 0 Å². The van der Waals surface area contributed by atoms with Gasteiger partial charge in [-0.1, -0.05) is 23.1 Å². The second-order valence-corrected chi connectivity index (χ2v) is 6.51. The molecular formula is C10H16N4OS2. The van der Waals surface area contributed by atoms with Gasteiger partial charge in [0.2, 0.25) is 11.0 Å². The molecule has 1 aliphatic carbocycles. The van der Waals surface area contributed by atoms with E-state index in [4.69, 9.17) is 0 Å². The molecule has 1 unspecified atom stereocenters. The van der Waals surface area contributed by atoms with Crippen LogP contribution in [0.1, 0.15) is 26.7 Å². The molecule has 94 valence electrons. The topological polar surface area (TPSA) is 66.9 Å². The van der Waals surface area contributed by atoms with Crippen LogP contribution >= 0.6 is 23.1 Å². The van der Waals surface area contributed by atoms with E-state index in [0.717, 1.165) is 28.9 Å². The van der Waals surface area contributed by atoms with E-state index in [1.807, 2.05) is 13.8 Å². The first kappa shape index (κ1) is 12.6. The highest BCUT2D eigenvalue weighted by atomic mass is 32.2. The van der Waals surface area contributed by atoms with Crippen molar-refractivity contribution in [3.63, 3.8) is 0 Å². The summed E-state index contributed by atoms with van der Waals surface area (Å²) in [5.41, 5.74) is 0. The minimum absolute atomic E-state index is 0.0951. The summed E-state index contributed by atoms with van der Waals surface area (Å²) in [6.07, 6.45) is 2.24. The first-order chi connectivity index (χ1) is 8.19. The number of nitrogens with one attached hydrogen (secondary N) is 2. The van der Waals surface area contributed by atoms with Gasteiger partial charge < -0.3 is 10.6 Å². The SMILES string of the molecule is CCNc1nnc(SC(C)C(=O)NC2CC2)s1. The number of hydrogen-bond donors (Lipinski definition) is 2. The van der Waals surface area contributed by atoms with E-state index in [1.54, 1.807) is 0 Å². The lowest BCUT2D eigenvalue weighted by Gasteiger charge is -2.08. The maximum absolute atomic E-state index is 11.7. The van der Waals surface area contributed by atoms with Gasteiger partial charge in [0.15, 0.2) is 4.34 Å². The van der Waals surface area contributed by atoms with E-state index in [0.29, 0.717) is 6.04 Å². The second kappa shape index (κ2) is 5.68. The van der Waals surface area contributed by atoms with Gasteiger partial charge in [0, 0.05) is 12.6 Å². The van der Waals surface area contributed by atoms with Crippen LogP contribution in [0.15, 0.2) is 4.34 Å². The van der Waals surface area contributed by atoms with Crippen molar-refractivity contribution in [2.24, 2.45) is 0 Å². The number of amides is 1. The van der Waals surface area contributed by atoms with E-state index >= 15 is 0 Å². The molecule has 1 aromatic heterocycles. The zero-order valence-corrected chi connectivity index (χ0v) is 11.5. The summed E-state index contributed by atoms with van der Waals surface area (Å²) < 4.78 is 0.833. The van der Waals surface area contributed by atoms with Gasteiger partial charge in [-0.25, -0.2) is 0 Å². The van der Waals surface area contributed by atoms with Crippen molar-refractivity contribution in [2.75, 3.05) is 11.9 Å². The number of rotatable bonds is 6. The van der Waals surface area contributed by atoms with Gasteiger partial charge in [0.1, 0.15) is 0 Å². The van der Waals surface area contributed by atoms with E-state index in [2.05, 4.69) is 20.8 Å². The largest absolute Gasteiger partial charge is 0.360 e. The van der Waals surface area contributed by atoms with Gasteiger partial charge in [0.05, 0.1) is 5.25 Å². The predicted molar refractivity (Wildman–Crippen MR) is 70.6 cm³/mol. The van der Waals surface area contributed by atoms with Gasteiger partial charge in [-0.05, 0) is 26.7 Å². The molecule has 1 aliphatic rings. The molecule has 2 N–H and O–H groups in total. The standard InChI is InChI=1S/C10H16N4OS2/c1-3-11-9-13-14-10(17-9)16-6(2)8(15)12-7-4-5-7/h6-7H,3-5H2,1-2H3,(H,11,13)(H,12,15). The van der Waals surface area contributed by atoms with Crippen molar-refractivity contribution >= 4 is 34.1 Å². The Morgan fingerprint density at radius 2 is 2.35 bits per heavy atom. The van der Waals surface area contributed by atoms with Crippen molar-refractivity contribution in [3.05, 3.63) is 0 Å². The lowest BCUT2D eigenvalue weighted by Crippen LogP contribution is -2.32. The Bertz CT molecular complexity index is 391. The lowest BCUT2D eigenvalue weighted by atomic mass is 10.4. The zero-order valence-electron chi connectivity index (χ0n) is 9.90. The Labute approximate surface area is 109 Å². The quantitative estimate of drug-likeness (QED) is 0.772. The lowest BCUT2D eigenvalue weighted by molar-refractivity contribution is -0.120. The van der Waals surface area contributed by atoms with Gasteiger partial charge in [-0.15, -0.1) is 10.2 Å². The van der Waals surface area contributed by atoms with Gasteiger partial charge in [0.25, 0.3) is 0 Å². The molecule has 0 radical (unpaired) electrons. The average molecular weight is 272 g/mol. The van der Waals surface area contributed by atoms with Crippen LogP contribution in [-0.4, -0.2) is 33.9 Å². The molecular weight excluding hydrogens is 256 g/mol. The smallest absolute Gasteiger partial charge is 0.233 e. The van der Waals surface area contributed by atoms with E-state index in [1.165, 1.54) is 23.1 Å². The van der Waals surface area contributed by atoms with Crippen molar-refractivity contribution in [2.45, 2.75) is 42.3 Å². The summed E-state index contributed by atoms with van der Waals surface area (Å²) in [4.78, 5) is 11.7. The Hall–Kier alpha value is -0.820. The first-order valence-corrected chi connectivity index (χ1v) is 7.43. The fourth-order valence-corrected chi connectivity index (χ4v) is 3.20. The molecule has 7 heteroatoms. The van der Waals surface area contributed by atoms with E-state index in [9.17, 15) is 4.79 Å². The molecule has 1 amide bonds. The highest BCUT2D eigenvalue weighted by molar-refractivity contribution is 8.02. The van der Waals surface area contributed by atoms with Crippen LogP contribution in [0.4, 0.5) is 5.13 Å². The summed E-state index contributed by atoms with van der Waals surface area (Å²) >= 11 is 2.95. The molecule has 5 nitrogen and oxygen atoms in total.